The first-order valence-corrected chi connectivity index (χ1v) is 3.61. The van der Waals surface area contributed by atoms with E-state index in [0.717, 1.165) is 0 Å². The van der Waals surface area contributed by atoms with Crippen molar-refractivity contribution < 1.29 is 9.90 Å². The van der Waals surface area contributed by atoms with Gasteiger partial charge >= 0.3 is 5.97 Å². The highest BCUT2D eigenvalue weighted by Crippen LogP contribution is 2.06. The third-order valence-electron chi connectivity index (χ3n) is 1.63. The maximum absolute atomic E-state index is 10.5. The van der Waals surface area contributed by atoms with Gasteiger partial charge < -0.3 is 9.67 Å². The molecule has 0 spiro atoms. The van der Waals surface area contributed by atoms with Gasteiger partial charge in [-0.25, -0.2) is 4.79 Å². The van der Waals surface area contributed by atoms with Crippen LogP contribution < -0.4 is 0 Å². The number of carboxylic acid groups (broad SMARTS) is 1. The number of carbonyl (C=O) groups is 1. The smallest absolute Gasteiger partial charge is 0.346 e. The molecule has 13 heavy (non-hydrogen) atoms. The molecular formula is C9H8N2O2. The van der Waals surface area contributed by atoms with Gasteiger partial charge in [0.25, 0.3) is 0 Å². The SMILES string of the molecule is Cn1cccc1/C=C(\C#N)C(=O)O. The molecule has 0 saturated heterocycles. The first-order chi connectivity index (χ1) is 6.15. The molecule has 1 aromatic heterocycles. The Morgan fingerprint density at radius 1 is 1.77 bits per heavy atom. The summed E-state index contributed by atoms with van der Waals surface area (Å²) in [6, 6.07) is 5.13. The van der Waals surface area contributed by atoms with Crippen molar-refractivity contribution in [3.8, 4) is 6.07 Å². The summed E-state index contributed by atoms with van der Waals surface area (Å²) >= 11 is 0. The Morgan fingerprint density at radius 2 is 2.46 bits per heavy atom. The highest BCUT2D eigenvalue weighted by molar-refractivity contribution is 5.96. The zero-order valence-corrected chi connectivity index (χ0v) is 7.06. The normalized spacial score (nSPS) is 10.9. The van der Waals surface area contributed by atoms with Crippen molar-refractivity contribution in [2.45, 2.75) is 0 Å². The van der Waals surface area contributed by atoms with E-state index in [9.17, 15) is 4.79 Å². The molecule has 66 valence electrons. The quantitative estimate of drug-likeness (QED) is 0.540. The van der Waals surface area contributed by atoms with Crippen LogP contribution in [0.2, 0.25) is 0 Å². The van der Waals surface area contributed by atoms with Crippen molar-refractivity contribution in [3.63, 3.8) is 0 Å². The predicted molar refractivity (Wildman–Crippen MR) is 46.6 cm³/mol. The van der Waals surface area contributed by atoms with Crippen LogP contribution in [0.25, 0.3) is 6.08 Å². The lowest BCUT2D eigenvalue weighted by molar-refractivity contribution is -0.132. The number of carboxylic acids is 1. The van der Waals surface area contributed by atoms with Crippen LogP contribution in [0.15, 0.2) is 23.9 Å². The monoisotopic (exact) mass is 176 g/mol. The molecule has 0 unspecified atom stereocenters. The lowest BCUT2D eigenvalue weighted by atomic mass is 10.2. The van der Waals surface area contributed by atoms with Gasteiger partial charge in [0.15, 0.2) is 0 Å². The first-order valence-electron chi connectivity index (χ1n) is 3.61. The van der Waals surface area contributed by atoms with E-state index >= 15 is 0 Å². The summed E-state index contributed by atoms with van der Waals surface area (Å²) in [7, 11) is 1.78. The minimum atomic E-state index is -1.20. The van der Waals surface area contributed by atoms with Crippen LogP contribution in [0.1, 0.15) is 5.69 Å². The summed E-state index contributed by atoms with van der Waals surface area (Å²) in [6.07, 6.45) is 3.12. The van der Waals surface area contributed by atoms with Gasteiger partial charge in [-0.15, -0.1) is 0 Å². The number of aliphatic carboxylic acids is 1. The van der Waals surface area contributed by atoms with E-state index in [1.54, 1.807) is 36.0 Å². The fourth-order valence-corrected chi connectivity index (χ4v) is 0.914. The molecule has 0 aromatic carbocycles. The van der Waals surface area contributed by atoms with Gasteiger partial charge in [-0.05, 0) is 18.2 Å². The van der Waals surface area contributed by atoms with Crippen molar-refractivity contribution in [3.05, 3.63) is 29.6 Å². The van der Waals surface area contributed by atoms with Crippen molar-refractivity contribution in [1.29, 1.82) is 5.26 Å². The molecule has 0 bridgehead atoms. The topological polar surface area (TPSA) is 66.0 Å². The maximum atomic E-state index is 10.5. The van der Waals surface area contributed by atoms with Crippen LogP contribution >= 0.6 is 0 Å². The Balaban J connectivity index is 3.07. The van der Waals surface area contributed by atoms with Gasteiger partial charge in [-0.3, -0.25) is 0 Å². The van der Waals surface area contributed by atoms with Gasteiger partial charge in [-0.1, -0.05) is 0 Å². The first kappa shape index (κ1) is 9.07. The Morgan fingerprint density at radius 3 is 2.85 bits per heavy atom. The Labute approximate surface area is 75.3 Å². The largest absolute Gasteiger partial charge is 0.477 e. The zero-order valence-electron chi connectivity index (χ0n) is 7.06. The molecule has 0 aliphatic heterocycles. The van der Waals surface area contributed by atoms with E-state index in [2.05, 4.69) is 0 Å². The molecule has 4 nitrogen and oxygen atoms in total. The molecule has 1 N–H and O–H groups in total. The molecule has 0 fully saturated rings. The summed E-state index contributed by atoms with van der Waals surface area (Å²) in [4.78, 5) is 10.5. The zero-order chi connectivity index (χ0) is 9.84. The number of hydrogen-bond donors (Lipinski definition) is 1. The molecule has 0 saturated carbocycles. The molecule has 0 amide bonds. The summed E-state index contributed by atoms with van der Waals surface area (Å²) in [5, 5.41) is 17.0. The molecule has 0 atom stereocenters. The van der Waals surface area contributed by atoms with E-state index in [-0.39, 0.29) is 5.57 Å². The fraction of sp³-hybridized carbons (Fsp3) is 0.111. The van der Waals surface area contributed by atoms with E-state index in [1.807, 2.05) is 0 Å². The predicted octanol–water partition coefficient (Wildman–Crippen LogP) is 1.02. The van der Waals surface area contributed by atoms with Crippen LogP contribution in [-0.2, 0) is 11.8 Å². The van der Waals surface area contributed by atoms with E-state index < -0.39 is 5.97 Å². The van der Waals surface area contributed by atoms with Crippen molar-refractivity contribution in [2.24, 2.45) is 7.05 Å². The van der Waals surface area contributed by atoms with Gasteiger partial charge in [0.1, 0.15) is 11.6 Å². The second kappa shape index (κ2) is 3.59. The Hall–Kier alpha value is -2.02. The highest BCUT2D eigenvalue weighted by Gasteiger charge is 2.06. The minimum absolute atomic E-state index is 0.262. The number of aryl methyl sites for hydroxylation is 1. The number of hydrogen-bond acceptors (Lipinski definition) is 2. The van der Waals surface area contributed by atoms with Crippen LogP contribution in [0.5, 0.6) is 0 Å². The maximum Gasteiger partial charge on any atom is 0.346 e. The van der Waals surface area contributed by atoms with Crippen molar-refractivity contribution in [2.75, 3.05) is 0 Å². The van der Waals surface area contributed by atoms with Gasteiger partial charge in [0.05, 0.1) is 0 Å². The molecule has 0 aliphatic rings. The summed E-state index contributed by atoms with van der Waals surface area (Å²) in [6.45, 7) is 0. The average molecular weight is 176 g/mol. The van der Waals surface area contributed by atoms with Crippen molar-refractivity contribution in [1.82, 2.24) is 4.57 Å². The fourth-order valence-electron chi connectivity index (χ4n) is 0.914. The van der Waals surface area contributed by atoms with E-state index in [0.29, 0.717) is 5.69 Å². The Kier molecular flexibility index (Phi) is 2.50. The van der Waals surface area contributed by atoms with Crippen LogP contribution in [0.3, 0.4) is 0 Å². The second-order valence-corrected chi connectivity index (χ2v) is 2.52. The lowest BCUT2D eigenvalue weighted by Gasteiger charge is -1.95. The summed E-state index contributed by atoms with van der Waals surface area (Å²) in [5.74, 6) is -1.20. The van der Waals surface area contributed by atoms with Crippen LogP contribution in [0, 0.1) is 11.3 Å². The van der Waals surface area contributed by atoms with Crippen LogP contribution in [0.4, 0.5) is 0 Å². The molecule has 1 rings (SSSR count). The summed E-state index contributed by atoms with van der Waals surface area (Å²) in [5.41, 5.74) is 0.431. The average Bonchev–Trinajstić information content (AvgIpc) is 2.46. The number of nitriles is 1. The van der Waals surface area contributed by atoms with Crippen LogP contribution in [-0.4, -0.2) is 15.6 Å². The van der Waals surface area contributed by atoms with E-state index in [1.165, 1.54) is 6.08 Å². The standard InChI is InChI=1S/C9H8N2O2/c1-11-4-2-3-8(11)5-7(6-10)9(12)13/h2-5H,1H3,(H,12,13)/b7-5+. The highest BCUT2D eigenvalue weighted by atomic mass is 16.4. The molecule has 1 aromatic rings. The summed E-state index contributed by atoms with van der Waals surface area (Å²) < 4.78 is 1.74. The lowest BCUT2D eigenvalue weighted by Crippen LogP contribution is -1.98. The third kappa shape index (κ3) is 1.97. The third-order valence-corrected chi connectivity index (χ3v) is 1.63. The van der Waals surface area contributed by atoms with Crippen molar-refractivity contribution >= 4 is 12.0 Å². The number of aromatic nitrogens is 1. The van der Waals surface area contributed by atoms with Gasteiger partial charge in [0.2, 0.25) is 0 Å². The number of rotatable bonds is 2. The molecule has 0 radical (unpaired) electrons. The second-order valence-electron chi connectivity index (χ2n) is 2.52. The molecule has 1 heterocycles. The molecule has 4 heteroatoms. The van der Waals surface area contributed by atoms with Gasteiger partial charge in [0, 0.05) is 18.9 Å². The molecule has 0 aliphatic carbocycles. The number of nitrogens with zero attached hydrogens (tertiary/aromatic N) is 2. The van der Waals surface area contributed by atoms with E-state index in [4.69, 9.17) is 10.4 Å². The Bertz CT molecular complexity index is 396. The molecular weight excluding hydrogens is 168 g/mol. The van der Waals surface area contributed by atoms with Gasteiger partial charge in [-0.2, -0.15) is 5.26 Å². The minimum Gasteiger partial charge on any atom is -0.477 e.